The van der Waals surface area contributed by atoms with Crippen molar-refractivity contribution in [1.29, 1.82) is 0 Å². The van der Waals surface area contributed by atoms with Gasteiger partial charge in [-0.3, -0.25) is 4.79 Å². The van der Waals surface area contributed by atoms with Crippen molar-refractivity contribution in [2.75, 3.05) is 13.7 Å². The van der Waals surface area contributed by atoms with E-state index in [1.807, 2.05) is 0 Å². The van der Waals surface area contributed by atoms with Crippen molar-refractivity contribution in [2.45, 2.75) is 12.8 Å². The summed E-state index contributed by atoms with van der Waals surface area (Å²) in [6, 6.07) is 2.27. The molecule has 1 unspecified atom stereocenters. The molecule has 92 valence electrons. The maximum absolute atomic E-state index is 13.8. The van der Waals surface area contributed by atoms with Crippen LogP contribution in [0, 0.1) is 17.6 Å². The van der Waals surface area contributed by atoms with E-state index in [9.17, 15) is 13.6 Å². The highest BCUT2D eigenvalue weighted by Gasteiger charge is 2.35. The van der Waals surface area contributed by atoms with Crippen LogP contribution in [0.2, 0.25) is 0 Å². The fourth-order valence-electron chi connectivity index (χ4n) is 2.12. The predicted molar refractivity (Wildman–Crippen MR) is 57.8 cm³/mol. The fourth-order valence-corrected chi connectivity index (χ4v) is 2.12. The van der Waals surface area contributed by atoms with Crippen LogP contribution in [0.5, 0.6) is 5.75 Å². The number of ether oxygens (including phenoxy) is 1. The molecular weight excluding hydrogens is 228 g/mol. The van der Waals surface area contributed by atoms with E-state index in [4.69, 9.17) is 4.74 Å². The maximum atomic E-state index is 13.8. The number of benzene rings is 1. The molecule has 0 radical (unpaired) electrons. The van der Waals surface area contributed by atoms with Crippen molar-refractivity contribution >= 4 is 5.91 Å². The van der Waals surface area contributed by atoms with Crippen molar-refractivity contribution in [3.05, 3.63) is 29.3 Å². The van der Waals surface area contributed by atoms with Crippen LogP contribution in [-0.2, 0) is 4.79 Å². The molecule has 2 atom stereocenters. The molecule has 1 amide bonds. The lowest BCUT2D eigenvalue weighted by Gasteiger charge is -2.15. The number of halogens is 2. The van der Waals surface area contributed by atoms with Crippen LogP contribution in [0.1, 0.15) is 18.4 Å². The Balaban J connectivity index is 2.42. The quantitative estimate of drug-likeness (QED) is 0.857. The molecule has 1 heterocycles. The highest BCUT2D eigenvalue weighted by atomic mass is 19.1. The van der Waals surface area contributed by atoms with E-state index >= 15 is 0 Å². The van der Waals surface area contributed by atoms with Gasteiger partial charge in [-0.2, -0.15) is 0 Å². The van der Waals surface area contributed by atoms with Crippen molar-refractivity contribution in [1.82, 2.24) is 5.32 Å². The molecule has 1 saturated heterocycles. The number of nitrogens with one attached hydrogen (secondary N) is 1. The van der Waals surface area contributed by atoms with Crippen LogP contribution in [0.25, 0.3) is 0 Å². The first-order valence-electron chi connectivity index (χ1n) is 5.35. The minimum Gasteiger partial charge on any atom is -0.497 e. The largest absolute Gasteiger partial charge is 0.497 e. The van der Waals surface area contributed by atoms with Gasteiger partial charge in [-0.05, 0) is 0 Å². The molecule has 1 aromatic carbocycles. The number of hydrogen-bond acceptors (Lipinski definition) is 2. The zero-order valence-electron chi connectivity index (χ0n) is 9.59. The second kappa shape index (κ2) is 4.31. The van der Waals surface area contributed by atoms with Gasteiger partial charge in [0.1, 0.15) is 17.4 Å². The zero-order chi connectivity index (χ0) is 12.6. The summed E-state index contributed by atoms with van der Waals surface area (Å²) in [6.45, 7) is 1.93. The molecule has 1 aromatic rings. The third-order valence-corrected chi connectivity index (χ3v) is 3.17. The van der Waals surface area contributed by atoms with Crippen molar-refractivity contribution in [3.63, 3.8) is 0 Å². The molecule has 1 aliphatic heterocycles. The van der Waals surface area contributed by atoms with E-state index in [0.717, 1.165) is 12.1 Å². The SMILES string of the molecule is COc1cc(F)c([C@@H]2CNC(=O)C2C)c(F)c1. The fraction of sp³-hybridized carbons (Fsp3) is 0.417. The number of carbonyl (C=O) groups excluding carboxylic acids is 1. The standard InChI is InChI=1S/C12H13F2NO2/c1-6-8(5-15-12(6)16)11-9(13)3-7(17-2)4-10(11)14/h3-4,6,8H,5H2,1-2H3,(H,15,16)/t6?,8-/m1/s1. The minimum absolute atomic E-state index is 0.0448. The summed E-state index contributed by atoms with van der Waals surface area (Å²) >= 11 is 0. The van der Waals surface area contributed by atoms with Gasteiger partial charge in [-0.1, -0.05) is 6.92 Å². The minimum atomic E-state index is -0.671. The highest BCUT2D eigenvalue weighted by Crippen LogP contribution is 2.34. The Labute approximate surface area is 97.8 Å². The molecule has 0 bridgehead atoms. The average Bonchev–Trinajstić information content (AvgIpc) is 2.60. The molecule has 0 aliphatic carbocycles. The zero-order valence-corrected chi connectivity index (χ0v) is 9.59. The Morgan fingerprint density at radius 3 is 2.35 bits per heavy atom. The number of amides is 1. The van der Waals surface area contributed by atoms with E-state index in [0.29, 0.717) is 0 Å². The Hall–Kier alpha value is -1.65. The highest BCUT2D eigenvalue weighted by molar-refractivity contribution is 5.82. The molecule has 17 heavy (non-hydrogen) atoms. The summed E-state index contributed by atoms with van der Waals surface area (Å²) in [6.07, 6.45) is 0. The lowest BCUT2D eigenvalue weighted by Crippen LogP contribution is -2.17. The molecule has 1 aliphatic rings. The Morgan fingerprint density at radius 2 is 1.94 bits per heavy atom. The molecule has 1 fully saturated rings. The topological polar surface area (TPSA) is 38.3 Å². The molecule has 5 heteroatoms. The summed E-state index contributed by atoms with van der Waals surface area (Å²) in [5.74, 6) is -2.27. The second-order valence-electron chi connectivity index (χ2n) is 4.15. The summed E-state index contributed by atoms with van der Waals surface area (Å²) in [5.41, 5.74) is -0.0448. The smallest absolute Gasteiger partial charge is 0.223 e. The van der Waals surface area contributed by atoms with Crippen molar-refractivity contribution < 1.29 is 18.3 Å². The van der Waals surface area contributed by atoms with Gasteiger partial charge < -0.3 is 10.1 Å². The van der Waals surface area contributed by atoms with Crippen molar-refractivity contribution in [2.24, 2.45) is 5.92 Å². The third-order valence-electron chi connectivity index (χ3n) is 3.17. The molecule has 2 rings (SSSR count). The number of carbonyl (C=O) groups is 1. The first-order valence-corrected chi connectivity index (χ1v) is 5.35. The Kier molecular flexibility index (Phi) is 3.00. The first kappa shape index (κ1) is 11.8. The molecule has 1 N–H and O–H groups in total. The van der Waals surface area contributed by atoms with Gasteiger partial charge in [-0.15, -0.1) is 0 Å². The monoisotopic (exact) mass is 241 g/mol. The van der Waals surface area contributed by atoms with Crippen LogP contribution in [0.15, 0.2) is 12.1 Å². The van der Waals surface area contributed by atoms with Gasteiger partial charge in [0.05, 0.1) is 7.11 Å². The second-order valence-corrected chi connectivity index (χ2v) is 4.15. The van der Waals surface area contributed by atoms with Crippen molar-refractivity contribution in [3.8, 4) is 5.75 Å². The molecule has 3 nitrogen and oxygen atoms in total. The van der Waals surface area contributed by atoms with E-state index in [-0.39, 0.29) is 23.8 Å². The van der Waals surface area contributed by atoms with Gasteiger partial charge in [0, 0.05) is 36.1 Å². The van der Waals surface area contributed by atoms with Crippen LogP contribution < -0.4 is 10.1 Å². The van der Waals surface area contributed by atoms with Crippen LogP contribution >= 0.6 is 0 Å². The van der Waals surface area contributed by atoms with Crippen LogP contribution in [0.4, 0.5) is 8.78 Å². The van der Waals surface area contributed by atoms with E-state index in [1.165, 1.54) is 7.11 Å². The van der Waals surface area contributed by atoms with E-state index < -0.39 is 23.5 Å². The van der Waals surface area contributed by atoms with Gasteiger partial charge in [0.15, 0.2) is 0 Å². The van der Waals surface area contributed by atoms with Gasteiger partial charge in [0.2, 0.25) is 5.91 Å². The number of rotatable bonds is 2. The summed E-state index contributed by atoms with van der Waals surface area (Å²) in [7, 11) is 1.34. The maximum Gasteiger partial charge on any atom is 0.223 e. The van der Waals surface area contributed by atoms with Crippen LogP contribution in [0.3, 0.4) is 0 Å². The normalized spacial score (nSPS) is 23.6. The van der Waals surface area contributed by atoms with Gasteiger partial charge in [-0.25, -0.2) is 8.78 Å². The average molecular weight is 241 g/mol. The number of hydrogen-bond donors (Lipinski definition) is 1. The number of methoxy groups -OCH3 is 1. The van der Waals surface area contributed by atoms with E-state index in [1.54, 1.807) is 6.92 Å². The van der Waals surface area contributed by atoms with Gasteiger partial charge >= 0.3 is 0 Å². The van der Waals surface area contributed by atoms with Crippen LogP contribution in [-0.4, -0.2) is 19.6 Å². The molecule has 0 spiro atoms. The summed E-state index contributed by atoms with van der Waals surface area (Å²) in [5, 5.41) is 2.60. The molecule has 0 saturated carbocycles. The lowest BCUT2D eigenvalue weighted by atomic mass is 9.89. The third kappa shape index (κ3) is 1.97. The first-order chi connectivity index (χ1) is 8.04. The summed E-state index contributed by atoms with van der Waals surface area (Å²) < 4.78 is 32.4. The predicted octanol–water partition coefficient (Wildman–Crippen LogP) is 1.82. The summed E-state index contributed by atoms with van der Waals surface area (Å²) in [4.78, 5) is 11.3. The lowest BCUT2D eigenvalue weighted by molar-refractivity contribution is -0.122. The van der Waals surface area contributed by atoms with Gasteiger partial charge in [0.25, 0.3) is 0 Å². The van der Waals surface area contributed by atoms with E-state index in [2.05, 4.69) is 5.32 Å². The molecular formula is C12H13F2NO2. The Bertz CT molecular complexity index is 439. The Morgan fingerprint density at radius 1 is 1.35 bits per heavy atom. The molecule has 0 aromatic heterocycles.